The number of amides is 1. The van der Waals surface area contributed by atoms with Crippen LogP contribution in [-0.4, -0.2) is 62.1 Å². The first kappa shape index (κ1) is 29.5. The SMILES string of the molecule is COc1ccccc1C(=O)NCC1(c2ccccc2)CCC(NS(=O)(=O)NCCNc2nc(N)nc(Cl)n2)CC1. The highest BCUT2D eigenvalue weighted by atomic mass is 35.5. The molecule has 2 aromatic carbocycles. The molecule has 4 rings (SSSR count). The molecule has 40 heavy (non-hydrogen) atoms. The summed E-state index contributed by atoms with van der Waals surface area (Å²) in [6, 6.07) is 16.9. The van der Waals surface area contributed by atoms with E-state index in [9.17, 15) is 13.2 Å². The summed E-state index contributed by atoms with van der Waals surface area (Å²) in [6.45, 7) is 0.728. The van der Waals surface area contributed by atoms with Gasteiger partial charge in [0.2, 0.25) is 17.2 Å². The molecule has 214 valence electrons. The lowest BCUT2D eigenvalue weighted by Crippen LogP contribution is -2.49. The second kappa shape index (κ2) is 13.2. The maximum absolute atomic E-state index is 13.0. The monoisotopic (exact) mass is 588 g/mol. The molecule has 6 N–H and O–H groups in total. The van der Waals surface area contributed by atoms with Crippen molar-refractivity contribution in [3.05, 3.63) is 71.0 Å². The van der Waals surface area contributed by atoms with Crippen LogP contribution in [0.15, 0.2) is 54.6 Å². The number of anilines is 2. The lowest BCUT2D eigenvalue weighted by molar-refractivity contribution is 0.0932. The summed E-state index contributed by atoms with van der Waals surface area (Å²) in [6.07, 6.45) is 2.61. The van der Waals surface area contributed by atoms with Gasteiger partial charge >= 0.3 is 0 Å². The number of hydrogen-bond acceptors (Lipinski definition) is 9. The Hall–Kier alpha value is -3.52. The van der Waals surface area contributed by atoms with Gasteiger partial charge < -0.3 is 21.1 Å². The third-order valence-electron chi connectivity index (χ3n) is 6.92. The number of benzene rings is 2. The quantitative estimate of drug-likeness (QED) is 0.199. The van der Waals surface area contributed by atoms with E-state index in [2.05, 4.69) is 47.2 Å². The minimum absolute atomic E-state index is 0.0343. The predicted octanol–water partition coefficient (Wildman–Crippen LogP) is 2.26. The summed E-state index contributed by atoms with van der Waals surface area (Å²) >= 11 is 5.75. The van der Waals surface area contributed by atoms with E-state index in [1.807, 2.05) is 24.3 Å². The van der Waals surface area contributed by atoms with E-state index in [4.69, 9.17) is 22.1 Å². The molecule has 0 radical (unpaired) electrons. The van der Waals surface area contributed by atoms with E-state index < -0.39 is 10.2 Å². The van der Waals surface area contributed by atoms with E-state index in [1.54, 1.807) is 18.2 Å². The van der Waals surface area contributed by atoms with Crippen LogP contribution in [0.2, 0.25) is 5.28 Å². The average molecular weight is 589 g/mol. The number of nitrogens with two attached hydrogens (primary N) is 1. The molecule has 0 atom stereocenters. The number of ether oxygens (including phenoxy) is 1. The topological polar surface area (TPSA) is 173 Å². The number of nitrogens with one attached hydrogen (secondary N) is 4. The van der Waals surface area contributed by atoms with Crippen molar-refractivity contribution in [2.45, 2.75) is 37.1 Å². The fourth-order valence-electron chi connectivity index (χ4n) is 4.89. The number of nitrogen functional groups attached to an aromatic ring is 1. The van der Waals surface area contributed by atoms with Gasteiger partial charge in [-0.2, -0.15) is 28.1 Å². The van der Waals surface area contributed by atoms with Crippen molar-refractivity contribution in [1.29, 1.82) is 0 Å². The van der Waals surface area contributed by atoms with E-state index in [0.717, 1.165) is 5.56 Å². The summed E-state index contributed by atoms with van der Waals surface area (Å²) in [4.78, 5) is 24.5. The summed E-state index contributed by atoms with van der Waals surface area (Å²) in [5.41, 5.74) is 6.78. The van der Waals surface area contributed by atoms with E-state index in [1.165, 1.54) is 7.11 Å². The first-order valence-electron chi connectivity index (χ1n) is 12.8. The Labute approximate surface area is 238 Å². The third kappa shape index (κ3) is 7.78. The molecule has 14 heteroatoms. The molecule has 1 heterocycles. The second-order valence-electron chi connectivity index (χ2n) is 9.53. The lowest BCUT2D eigenvalue weighted by atomic mass is 9.68. The van der Waals surface area contributed by atoms with Gasteiger partial charge in [0.1, 0.15) is 5.75 Å². The number of rotatable bonds is 12. The van der Waals surface area contributed by atoms with Gasteiger partial charge in [-0.15, -0.1) is 0 Å². The van der Waals surface area contributed by atoms with Gasteiger partial charge in [0.15, 0.2) is 0 Å². The molecule has 1 aliphatic rings. The van der Waals surface area contributed by atoms with Crippen molar-refractivity contribution in [3.8, 4) is 5.75 Å². The highest BCUT2D eigenvalue weighted by molar-refractivity contribution is 7.87. The number of aromatic nitrogens is 3. The minimum Gasteiger partial charge on any atom is -0.496 e. The van der Waals surface area contributed by atoms with Gasteiger partial charge in [-0.1, -0.05) is 42.5 Å². The van der Waals surface area contributed by atoms with Crippen molar-refractivity contribution in [3.63, 3.8) is 0 Å². The summed E-state index contributed by atoms with van der Waals surface area (Å²) in [5, 5.41) is 5.89. The van der Waals surface area contributed by atoms with Crippen LogP contribution in [0.25, 0.3) is 0 Å². The highest BCUT2D eigenvalue weighted by Gasteiger charge is 2.38. The van der Waals surface area contributed by atoms with Crippen LogP contribution in [0.4, 0.5) is 11.9 Å². The molecule has 1 aromatic heterocycles. The summed E-state index contributed by atoms with van der Waals surface area (Å²) < 4.78 is 36.0. The Kier molecular flexibility index (Phi) is 9.74. The number of para-hydroxylation sites is 1. The highest BCUT2D eigenvalue weighted by Crippen LogP contribution is 2.39. The molecular weight excluding hydrogens is 556 g/mol. The van der Waals surface area contributed by atoms with E-state index in [-0.39, 0.29) is 47.6 Å². The molecule has 0 bridgehead atoms. The van der Waals surface area contributed by atoms with Crippen molar-refractivity contribution >= 4 is 39.6 Å². The smallest absolute Gasteiger partial charge is 0.277 e. The van der Waals surface area contributed by atoms with Gasteiger partial charge in [0.05, 0.1) is 12.7 Å². The van der Waals surface area contributed by atoms with Crippen molar-refractivity contribution < 1.29 is 17.9 Å². The van der Waals surface area contributed by atoms with Crippen LogP contribution >= 0.6 is 11.6 Å². The maximum atomic E-state index is 13.0. The number of hydrogen-bond donors (Lipinski definition) is 5. The van der Waals surface area contributed by atoms with Gasteiger partial charge in [-0.3, -0.25) is 4.79 Å². The van der Waals surface area contributed by atoms with Gasteiger partial charge in [-0.05, 0) is 55.0 Å². The number of carbonyl (C=O) groups is 1. The molecule has 12 nitrogen and oxygen atoms in total. The van der Waals surface area contributed by atoms with E-state index in [0.29, 0.717) is 43.5 Å². The largest absolute Gasteiger partial charge is 0.496 e. The summed E-state index contributed by atoms with van der Waals surface area (Å²) in [7, 11) is -2.22. The molecule has 0 aliphatic heterocycles. The Bertz CT molecular complexity index is 1380. The van der Waals surface area contributed by atoms with Gasteiger partial charge in [-0.25, -0.2) is 4.72 Å². The molecule has 1 aliphatic carbocycles. The number of nitrogens with zero attached hydrogens (tertiary/aromatic N) is 3. The standard InChI is InChI=1S/C26H33ClN8O4S/c1-39-21-10-6-5-9-20(21)22(36)30-17-26(18-7-3-2-4-8-18)13-11-19(12-14-26)35-40(37,38)31-16-15-29-25-33-23(27)32-24(28)34-25/h2-10,19,31,35H,11-17H2,1H3,(H,30,36)(H3,28,29,32,33,34). The molecule has 0 saturated heterocycles. The fraction of sp³-hybridized carbons (Fsp3) is 0.385. The number of carbonyl (C=O) groups excluding carboxylic acids is 1. The van der Waals surface area contributed by atoms with Crippen molar-refractivity contribution in [1.82, 2.24) is 29.7 Å². The second-order valence-corrected chi connectivity index (χ2v) is 11.4. The van der Waals surface area contributed by atoms with E-state index >= 15 is 0 Å². The molecule has 1 amide bonds. The Balaban J connectivity index is 1.33. The van der Waals surface area contributed by atoms with Crippen LogP contribution < -0.4 is 30.5 Å². The Morgan fingerprint density at radius 1 is 1.05 bits per heavy atom. The summed E-state index contributed by atoms with van der Waals surface area (Å²) in [5.74, 6) is 0.422. The first-order valence-corrected chi connectivity index (χ1v) is 14.7. The molecular formula is C26H33ClN8O4S. The number of halogens is 1. The molecule has 0 spiro atoms. The van der Waals surface area contributed by atoms with Crippen LogP contribution in [-0.2, 0) is 15.6 Å². The zero-order valence-electron chi connectivity index (χ0n) is 22.1. The zero-order valence-corrected chi connectivity index (χ0v) is 23.6. The zero-order chi connectivity index (χ0) is 28.6. The van der Waals surface area contributed by atoms with Gasteiger partial charge in [0.25, 0.3) is 16.1 Å². The normalized spacial score (nSPS) is 19.1. The molecule has 1 fully saturated rings. The van der Waals surface area contributed by atoms with Crippen molar-refractivity contribution in [2.75, 3.05) is 37.8 Å². The maximum Gasteiger partial charge on any atom is 0.277 e. The van der Waals surface area contributed by atoms with Crippen LogP contribution in [0, 0.1) is 0 Å². The predicted molar refractivity (Wildman–Crippen MR) is 154 cm³/mol. The fourth-order valence-corrected chi connectivity index (χ4v) is 6.18. The number of methoxy groups -OCH3 is 1. The first-order chi connectivity index (χ1) is 19.2. The van der Waals surface area contributed by atoms with Crippen LogP contribution in [0.3, 0.4) is 0 Å². The lowest BCUT2D eigenvalue weighted by Gasteiger charge is -2.41. The van der Waals surface area contributed by atoms with Crippen LogP contribution in [0.5, 0.6) is 5.75 Å². The minimum atomic E-state index is -3.75. The average Bonchev–Trinajstić information content (AvgIpc) is 2.95. The molecule has 1 saturated carbocycles. The molecule has 3 aromatic rings. The Morgan fingerprint density at radius 2 is 1.75 bits per heavy atom. The van der Waals surface area contributed by atoms with Crippen molar-refractivity contribution in [2.24, 2.45) is 0 Å². The molecule has 0 unspecified atom stereocenters. The third-order valence-corrected chi connectivity index (χ3v) is 8.31. The van der Waals surface area contributed by atoms with Crippen LogP contribution in [0.1, 0.15) is 41.6 Å². The van der Waals surface area contributed by atoms with Gasteiger partial charge in [0, 0.05) is 31.1 Å². The Morgan fingerprint density at radius 3 is 2.45 bits per heavy atom.